The van der Waals surface area contributed by atoms with Crippen LogP contribution >= 0.6 is 11.3 Å². The summed E-state index contributed by atoms with van der Waals surface area (Å²) in [4.78, 5) is 44.5. The quantitative estimate of drug-likeness (QED) is 0.271. The lowest BCUT2D eigenvalue weighted by molar-refractivity contribution is -0.143. The van der Waals surface area contributed by atoms with Crippen LogP contribution in [-0.4, -0.2) is 37.5 Å². The van der Waals surface area contributed by atoms with E-state index >= 15 is 0 Å². The molecule has 5 rings (SSSR count). The molecule has 2 fully saturated rings. The van der Waals surface area contributed by atoms with Gasteiger partial charge in [-0.05, 0) is 47.9 Å². The molecule has 0 spiro atoms. The number of aromatic nitrogens is 2. The molecule has 38 heavy (non-hydrogen) atoms. The average Bonchev–Trinajstić information content (AvgIpc) is 3.70. The predicted octanol–water partition coefficient (Wildman–Crippen LogP) is 5.32. The number of carbonyl (C=O) groups is 3. The molecule has 1 saturated carbocycles. The first-order valence-corrected chi connectivity index (χ1v) is 14.0. The maximum absolute atomic E-state index is 12.7. The number of urea groups is 1. The van der Waals surface area contributed by atoms with Gasteiger partial charge in [0.2, 0.25) is 0 Å². The molecule has 9 heteroatoms. The molecule has 2 aliphatic rings. The standard InChI is InChI=1S/C29H32N4O4S/c1-2-3-8-25-30-17-22(16-24-26(34)31-28(37)33(24)19-23-7-6-15-38-23)32(25)18-20-9-11-21(12-10-20)29(27(35)36)13-4-5-14-29/h6-7,9-12,15-17H,2-5,8,13-14,18-19H2,1H3,(H,35,36)(H,31,34,37)/b24-16+. The van der Waals surface area contributed by atoms with E-state index in [1.165, 1.54) is 16.2 Å². The number of hydrogen-bond donors (Lipinski definition) is 2. The van der Waals surface area contributed by atoms with E-state index in [9.17, 15) is 19.5 Å². The smallest absolute Gasteiger partial charge is 0.329 e. The van der Waals surface area contributed by atoms with Crippen LogP contribution in [0.2, 0.25) is 0 Å². The average molecular weight is 533 g/mol. The zero-order chi connectivity index (χ0) is 26.7. The Morgan fingerprint density at radius 3 is 2.58 bits per heavy atom. The fourth-order valence-corrected chi connectivity index (χ4v) is 6.13. The van der Waals surface area contributed by atoms with Gasteiger partial charge >= 0.3 is 12.0 Å². The fraction of sp³-hybridized carbons (Fsp3) is 0.379. The number of aryl methyl sites for hydroxylation is 1. The van der Waals surface area contributed by atoms with Gasteiger partial charge < -0.3 is 9.67 Å². The summed E-state index contributed by atoms with van der Waals surface area (Å²) in [6.45, 7) is 2.98. The van der Waals surface area contributed by atoms with Gasteiger partial charge in [-0.1, -0.05) is 56.5 Å². The van der Waals surface area contributed by atoms with Crippen molar-refractivity contribution < 1.29 is 19.5 Å². The molecular formula is C29H32N4O4S. The highest BCUT2D eigenvalue weighted by molar-refractivity contribution is 7.09. The summed E-state index contributed by atoms with van der Waals surface area (Å²) in [7, 11) is 0. The van der Waals surface area contributed by atoms with Crippen LogP contribution in [0, 0.1) is 0 Å². The normalized spacial score (nSPS) is 17.9. The Morgan fingerprint density at radius 2 is 1.92 bits per heavy atom. The van der Waals surface area contributed by atoms with Gasteiger partial charge in [0.1, 0.15) is 11.5 Å². The van der Waals surface area contributed by atoms with Crippen LogP contribution in [0.5, 0.6) is 0 Å². The molecule has 1 aliphatic heterocycles. The number of amides is 3. The van der Waals surface area contributed by atoms with Crippen molar-refractivity contribution in [2.75, 3.05) is 0 Å². The number of thiophene rings is 1. The highest BCUT2D eigenvalue weighted by atomic mass is 32.1. The molecule has 0 unspecified atom stereocenters. The summed E-state index contributed by atoms with van der Waals surface area (Å²) in [5.74, 6) is -0.256. The highest BCUT2D eigenvalue weighted by Crippen LogP contribution is 2.41. The molecule has 0 radical (unpaired) electrons. The number of carboxylic acids is 1. The minimum absolute atomic E-state index is 0.298. The minimum Gasteiger partial charge on any atom is -0.481 e. The van der Waals surface area contributed by atoms with Crippen LogP contribution in [0.25, 0.3) is 6.08 Å². The van der Waals surface area contributed by atoms with Gasteiger partial charge in [0, 0.05) is 17.8 Å². The second-order valence-electron chi connectivity index (χ2n) is 10.0. The zero-order valence-electron chi connectivity index (χ0n) is 21.5. The third kappa shape index (κ3) is 5.03. The second-order valence-corrected chi connectivity index (χ2v) is 11.1. The minimum atomic E-state index is -0.788. The van der Waals surface area contributed by atoms with E-state index in [4.69, 9.17) is 0 Å². The van der Waals surface area contributed by atoms with E-state index in [1.54, 1.807) is 12.3 Å². The molecule has 1 aromatic carbocycles. The van der Waals surface area contributed by atoms with E-state index in [0.29, 0.717) is 31.6 Å². The van der Waals surface area contributed by atoms with Crippen molar-refractivity contribution in [2.45, 2.75) is 70.4 Å². The van der Waals surface area contributed by atoms with E-state index < -0.39 is 23.3 Å². The van der Waals surface area contributed by atoms with E-state index in [2.05, 4.69) is 21.8 Å². The van der Waals surface area contributed by atoms with E-state index in [1.807, 2.05) is 41.8 Å². The summed E-state index contributed by atoms with van der Waals surface area (Å²) in [5, 5.41) is 14.3. The third-order valence-electron chi connectivity index (χ3n) is 7.60. The van der Waals surface area contributed by atoms with Crippen LogP contribution in [-0.2, 0) is 34.5 Å². The van der Waals surface area contributed by atoms with E-state index in [0.717, 1.165) is 59.6 Å². The Kier molecular flexibility index (Phi) is 7.46. The number of nitrogens with one attached hydrogen (secondary N) is 1. The van der Waals surface area contributed by atoms with Gasteiger partial charge in [-0.25, -0.2) is 9.78 Å². The summed E-state index contributed by atoms with van der Waals surface area (Å²) in [6, 6.07) is 11.3. The number of hydrogen-bond acceptors (Lipinski definition) is 5. The number of imidazole rings is 1. The molecule has 1 saturated heterocycles. The maximum Gasteiger partial charge on any atom is 0.329 e. The van der Waals surface area contributed by atoms with Gasteiger partial charge in [-0.15, -0.1) is 11.3 Å². The number of imide groups is 1. The van der Waals surface area contributed by atoms with Gasteiger partial charge in [0.25, 0.3) is 5.91 Å². The first kappa shape index (κ1) is 25.9. The molecule has 1 aliphatic carbocycles. The van der Waals surface area contributed by atoms with Crippen LogP contribution in [0.4, 0.5) is 4.79 Å². The highest BCUT2D eigenvalue weighted by Gasteiger charge is 2.42. The molecule has 3 heterocycles. The van der Waals surface area contributed by atoms with Crippen molar-refractivity contribution in [1.29, 1.82) is 0 Å². The first-order valence-electron chi connectivity index (χ1n) is 13.2. The first-order chi connectivity index (χ1) is 18.4. The number of unbranched alkanes of at least 4 members (excludes halogenated alkanes) is 1. The van der Waals surface area contributed by atoms with Gasteiger partial charge in [0.15, 0.2) is 0 Å². The number of aliphatic carboxylic acids is 1. The van der Waals surface area contributed by atoms with Gasteiger partial charge in [-0.3, -0.25) is 19.8 Å². The summed E-state index contributed by atoms with van der Waals surface area (Å²) in [5.41, 5.74) is 2.13. The summed E-state index contributed by atoms with van der Waals surface area (Å²) >= 11 is 1.54. The molecule has 2 N–H and O–H groups in total. The third-order valence-corrected chi connectivity index (χ3v) is 8.47. The Labute approximate surface area is 226 Å². The Morgan fingerprint density at radius 1 is 1.16 bits per heavy atom. The van der Waals surface area contributed by atoms with Crippen molar-refractivity contribution in [1.82, 2.24) is 19.8 Å². The lowest BCUT2D eigenvalue weighted by Crippen LogP contribution is -2.32. The van der Waals surface area contributed by atoms with Crippen molar-refractivity contribution in [3.8, 4) is 0 Å². The van der Waals surface area contributed by atoms with E-state index in [-0.39, 0.29) is 0 Å². The maximum atomic E-state index is 12.7. The lowest BCUT2D eigenvalue weighted by atomic mass is 9.79. The largest absolute Gasteiger partial charge is 0.481 e. The fourth-order valence-electron chi connectivity index (χ4n) is 5.44. The number of rotatable bonds is 10. The number of benzene rings is 1. The van der Waals surface area contributed by atoms with Crippen LogP contribution in [0.1, 0.15) is 73.0 Å². The Hall–Kier alpha value is -3.72. The number of nitrogens with zero attached hydrogens (tertiary/aromatic N) is 3. The zero-order valence-corrected chi connectivity index (χ0v) is 22.3. The second kappa shape index (κ2) is 10.9. The molecule has 198 valence electrons. The Bertz CT molecular complexity index is 1350. The molecule has 3 amide bonds. The number of carbonyl (C=O) groups excluding carboxylic acids is 2. The molecular weight excluding hydrogens is 500 g/mol. The predicted molar refractivity (Wildman–Crippen MR) is 146 cm³/mol. The van der Waals surface area contributed by atoms with Crippen molar-refractivity contribution in [2.24, 2.45) is 0 Å². The molecule has 0 bridgehead atoms. The molecule has 2 aromatic heterocycles. The molecule has 3 aromatic rings. The Balaban J connectivity index is 1.45. The monoisotopic (exact) mass is 532 g/mol. The molecule has 0 atom stereocenters. The van der Waals surface area contributed by atoms with Gasteiger partial charge in [-0.2, -0.15) is 0 Å². The van der Waals surface area contributed by atoms with Crippen LogP contribution in [0.3, 0.4) is 0 Å². The van der Waals surface area contributed by atoms with Crippen LogP contribution < -0.4 is 5.32 Å². The van der Waals surface area contributed by atoms with Crippen molar-refractivity contribution in [3.63, 3.8) is 0 Å². The SMILES string of the molecule is CCCCc1ncc(/C=C2\C(=O)NC(=O)N2Cc2cccs2)n1Cc1ccc(C2(C(=O)O)CCCC2)cc1. The topological polar surface area (TPSA) is 105 Å². The van der Waals surface area contributed by atoms with Crippen LogP contribution in [0.15, 0.2) is 53.7 Å². The summed E-state index contributed by atoms with van der Waals surface area (Å²) < 4.78 is 2.08. The molecule has 8 nitrogen and oxygen atoms in total. The summed E-state index contributed by atoms with van der Waals surface area (Å²) in [6.07, 6.45) is 9.51. The lowest BCUT2D eigenvalue weighted by Gasteiger charge is -2.24. The van der Waals surface area contributed by atoms with Gasteiger partial charge in [0.05, 0.1) is 23.9 Å². The number of carboxylic acid groups (broad SMARTS) is 1. The van der Waals surface area contributed by atoms with Crippen molar-refractivity contribution >= 4 is 35.3 Å². The van der Waals surface area contributed by atoms with Crippen molar-refractivity contribution in [3.05, 3.63) is 81.2 Å².